The average Bonchev–Trinajstić information content (AvgIpc) is 3.09. The average molecular weight is 406 g/mol. The Hall–Kier alpha value is -2.74. The lowest BCUT2D eigenvalue weighted by Gasteiger charge is -2.26. The topological polar surface area (TPSA) is 92.8 Å². The Labute approximate surface area is 169 Å². The van der Waals surface area contributed by atoms with E-state index in [4.69, 9.17) is 28.4 Å². The third kappa shape index (κ3) is 4.03. The second kappa shape index (κ2) is 7.94. The smallest absolute Gasteiger partial charge is 0.341 e. The van der Waals surface area contributed by atoms with Crippen LogP contribution in [0.1, 0.15) is 46.3 Å². The van der Waals surface area contributed by atoms with Crippen LogP contribution in [-0.2, 0) is 23.8 Å². The van der Waals surface area contributed by atoms with E-state index in [2.05, 4.69) is 0 Å². The van der Waals surface area contributed by atoms with Crippen LogP contribution >= 0.6 is 0 Å². The molecule has 2 aliphatic rings. The lowest BCUT2D eigenvalue weighted by molar-refractivity contribution is -0.168. The highest BCUT2D eigenvalue weighted by atomic mass is 16.7. The summed E-state index contributed by atoms with van der Waals surface area (Å²) in [4.78, 5) is 25.0. The number of hydrogen-bond acceptors (Lipinski definition) is 8. The van der Waals surface area contributed by atoms with Crippen molar-refractivity contribution in [3.63, 3.8) is 0 Å². The number of methoxy groups -OCH3 is 1. The first-order valence-corrected chi connectivity index (χ1v) is 9.41. The van der Waals surface area contributed by atoms with Gasteiger partial charge in [-0.25, -0.2) is 9.59 Å². The van der Waals surface area contributed by atoms with E-state index in [-0.39, 0.29) is 12.9 Å². The highest BCUT2D eigenvalue weighted by molar-refractivity contribution is 5.88. The number of hydrogen-bond donors (Lipinski definition) is 0. The molecule has 0 radical (unpaired) electrons. The van der Waals surface area contributed by atoms with Crippen molar-refractivity contribution in [1.82, 2.24) is 0 Å². The molecule has 0 aromatic heterocycles. The third-order valence-electron chi connectivity index (χ3n) is 5.26. The fraction of sp³-hybridized carbons (Fsp3) is 0.524. The molecule has 0 amide bonds. The molecule has 1 saturated heterocycles. The first kappa shape index (κ1) is 21.0. The van der Waals surface area contributed by atoms with Crippen molar-refractivity contribution in [2.75, 3.05) is 13.9 Å². The summed E-state index contributed by atoms with van der Waals surface area (Å²) in [6.45, 7) is 8.58. The summed E-state index contributed by atoms with van der Waals surface area (Å²) in [5.74, 6) is 0.354. The largest absolute Gasteiger partial charge is 0.493 e. The fourth-order valence-corrected chi connectivity index (χ4v) is 2.97. The van der Waals surface area contributed by atoms with Crippen LogP contribution in [0, 0.1) is 0 Å². The van der Waals surface area contributed by atoms with Crippen LogP contribution in [0.25, 0.3) is 0 Å². The predicted molar refractivity (Wildman–Crippen MR) is 102 cm³/mol. The minimum absolute atomic E-state index is 0.0649. The van der Waals surface area contributed by atoms with Crippen LogP contribution in [0.3, 0.4) is 0 Å². The van der Waals surface area contributed by atoms with E-state index < -0.39 is 29.7 Å². The van der Waals surface area contributed by atoms with E-state index in [0.29, 0.717) is 28.4 Å². The van der Waals surface area contributed by atoms with Crippen LogP contribution < -0.4 is 14.2 Å². The number of esters is 2. The molecule has 158 valence electrons. The van der Waals surface area contributed by atoms with Crippen LogP contribution in [0.4, 0.5) is 0 Å². The maximum absolute atomic E-state index is 12.5. The van der Waals surface area contributed by atoms with Gasteiger partial charge in [-0.05, 0) is 46.8 Å². The van der Waals surface area contributed by atoms with E-state index in [9.17, 15) is 9.59 Å². The lowest BCUT2D eigenvalue weighted by Crippen LogP contribution is -2.33. The first-order chi connectivity index (χ1) is 13.7. The standard InChI is InChI=1S/C21H26O8/c1-7-11(2)19(22)28-17(12(3)27-20(23)21(5)13(4)29-21)14-8-15(24-6)18-16(9-14)25-10-26-18/h7-9,12-13,17H,10H2,1-6H3/b11-7+/t12-,13?,17+,21?/m1/s1. The van der Waals surface area contributed by atoms with E-state index in [0.717, 1.165) is 0 Å². The zero-order valence-corrected chi connectivity index (χ0v) is 17.4. The summed E-state index contributed by atoms with van der Waals surface area (Å²) in [5.41, 5.74) is 0.0140. The molecular formula is C21H26O8. The maximum atomic E-state index is 12.5. The molecule has 1 aromatic rings. The maximum Gasteiger partial charge on any atom is 0.341 e. The Balaban J connectivity index is 1.91. The van der Waals surface area contributed by atoms with Gasteiger partial charge >= 0.3 is 11.9 Å². The number of carbonyl (C=O) groups excluding carboxylic acids is 2. The summed E-state index contributed by atoms with van der Waals surface area (Å²) < 4.78 is 32.9. The molecule has 1 fully saturated rings. The zero-order chi connectivity index (χ0) is 21.3. The molecule has 8 nitrogen and oxygen atoms in total. The van der Waals surface area contributed by atoms with Crippen molar-refractivity contribution in [2.24, 2.45) is 0 Å². The van der Waals surface area contributed by atoms with Crippen molar-refractivity contribution in [3.05, 3.63) is 29.3 Å². The van der Waals surface area contributed by atoms with Gasteiger partial charge in [0.1, 0.15) is 6.10 Å². The van der Waals surface area contributed by atoms with Gasteiger partial charge in [-0.15, -0.1) is 0 Å². The monoisotopic (exact) mass is 406 g/mol. The molecule has 3 rings (SSSR count). The van der Waals surface area contributed by atoms with Crippen molar-refractivity contribution in [1.29, 1.82) is 0 Å². The molecule has 8 heteroatoms. The van der Waals surface area contributed by atoms with Crippen molar-refractivity contribution in [3.8, 4) is 17.2 Å². The molecule has 1 aromatic carbocycles. The Morgan fingerprint density at radius 2 is 1.97 bits per heavy atom. The van der Waals surface area contributed by atoms with Crippen LogP contribution in [0.15, 0.2) is 23.8 Å². The van der Waals surface area contributed by atoms with Gasteiger partial charge in [0.15, 0.2) is 23.2 Å². The normalized spacial score (nSPS) is 24.5. The number of rotatable bonds is 7. The molecule has 0 N–H and O–H groups in total. The zero-order valence-electron chi connectivity index (χ0n) is 17.4. The molecule has 0 spiro atoms. The number of epoxide rings is 1. The summed E-state index contributed by atoms with van der Waals surface area (Å²) >= 11 is 0. The summed E-state index contributed by atoms with van der Waals surface area (Å²) in [6, 6.07) is 3.37. The molecule has 0 bridgehead atoms. The number of fused-ring (bicyclic) bond motifs is 1. The second-order valence-electron chi connectivity index (χ2n) is 7.23. The number of ether oxygens (including phenoxy) is 6. The molecule has 0 saturated carbocycles. The van der Waals surface area contributed by atoms with Gasteiger partial charge in [-0.2, -0.15) is 0 Å². The molecule has 0 aliphatic carbocycles. The minimum atomic E-state index is -0.978. The van der Waals surface area contributed by atoms with E-state index in [1.165, 1.54) is 7.11 Å². The molecular weight excluding hydrogens is 380 g/mol. The van der Waals surface area contributed by atoms with Crippen LogP contribution in [0.2, 0.25) is 0 Å². The highest BCUT2D eigenvalue weighted by Gasteiger charge is 2.57. The van der Waals surface area contributed by atoms with Crippen molar-refractivity contribution < 1.29 is 38.0 Å². The Bertz CT molecular complexity index is 845. The summed E-state index contributed by atoms with van der Waals surface area (Å²) in [6.07, 6.45) is -0.243. The predicted octanol–water partition coefficient (Wildman–Crippen LogP) is 3.08. The molecule has 2 aliphatic heterocycles. The Morgan fingerprint density at radius 3 is 2.55 bits per heavy atom. The fourth-order valence-electron chi connectivity index (χ4n) is 2.97. The first-order valence-electron chi connectivity index (χ1n) is 9.41. The van der Waals surface area contributed by atoms with E-state index in [1.807, 2.05) is 0 Å². The lowest BCUT2D eigenvalue weighted by atomic mass is 10.0. The minimum Gasteiger partial charge on any atom is -0.493 e. The van der Waals surface area contributed by atoms with Crippen molar-refractivity contribution in [2.45, 2.75) is 58.5 Å². The molecule has 2 heterocycles. The number of carbonyl (C=O) groups is 2. The summed E-state index contributed by atoms with van der Waals surface area (Å²) in [5, 5.41) is 0. The van der Waals surface area contributed by atoms with E-state index >= 15 is 0 Å². The van der Waals surface area contributed by atoms with Gasteiger partial charge in [0.25, 0.3) is 0 Å². The van der Waals surface area contributed by atoms with Crippen molar-refractivity contribution >= 4 is 11.9 Å². The van der Waals surface area contributed by atoms with Crippen LogP contribution in [0.5, 0.6) is 17.2 Å². The third-order valence-corrected chi connectivity index (χ3v) is 5.26. The van der Waals surface area contributed by atoms with Gasteiger partial charge in [-0.1, -0.05) is 6.08 Å². The second-order valence-corrected chi connectivity index (χ2v) is 7.23. The highest BCUT2D eigenvalue weighted by Crippen LogP contribution is 2.44. The molecule has 4 atom stereocenters. The van der Waals surface area contributed by atoms with Gasteiger partial charge < -0.3 is 28.4 Å². The van der Waals surface area contributed by atoms with E-state index in [1.54, 1.807) is 52.8 Å². The molecule has 29 heavy (non-hydrogen) atoms. The van der Waals surface area contributed by atoms with Gasteiger partial charge in [0.2, 0.25) is 12.5 Å². The quantitative estimate of drug-likeness (QED) is 0.387. The Morgan fingerprint density at radius 1 is 1.28 bits per heavy atom. The van der Waals surface area contributed by atoms with Gasteiger partial charge in [0.05, 0.1) is 13.2 Å². The van der Waals surface area contributed by atoms with Crippen LogP contribution in [-0.4, -0.2) is 43.7 Å². The summed E-state index contributed by atoms with van der Waals surface area (Å²) in [7, 11) is 1.50. The SMILES string of the molecule is C/C=C(\C)C(=O)O[C@H](c1cc(OC)c2c(c1)OCO2)[C@@H](C)OC(=O)C1(C)OC1C. The van der Waals surface area contributed by atoms with Gasteiger partial charge in [0, 0.05) is 11.1 Å². The number of benzene rings is 1. The molecule has 2 unspecified atom stereocenters. The number of allylic oxidation sites excluding steroid dienone is 1. The van der Waals surface area contributed by atoms with Gasteiger partial charge in [-0.3, -0.25) is 0 Å². The Kier molecular flexibility index (Phi) is 5.75.